The number of rotatable bonds is 5. The zero-order chi connectivity index (χ0) is 18.5. The number of hydrogen-bond donors (Lipinski definition) is 2. The average molecular weight is 375 g/mol. The third kappa shape index (κ3) is 4.66. The van der Waals surface area contributed by atoms with Crippen LogP contribution in [0.4, 0.5) is 14.5 Å². The second-order valence-corrected chi connectivity index (χ2v) is 6.77. The number of halogens is 2. The summed E-state index contributed by atoms with van der Waals surface area (Å²) in [6.45, 7) is 0.289. The molecule has 1 heterocycles. The Morgan fingerprint density at radius 2 is 1.88 bits per heavy atom. The maximum atomic E-state index is 13.5. The number of amides is 2. The summed E-state index contributed by atoms with van der Waals surface area (Å²) in [5, 5.41) is 4.84. The molecule has 134 valence electrons. The number of carbonyl (C=O) groups excluding carboxylic acids is 2. The van der Waals surface area contributed by atoms with Gasteiger partial charge in [0.05, 0.1) is 12.2 Å². The Morgan fingerprint density at radius 1 is 1.15 bits per heavy atom. The molecule has 8 heteroatoms. The lowest BCUT2D eigenvalue weighted by molar-refractivity contribution is -0.122. The van der Waals surface area contributed by atoms with Gasteiger partial charge in [-0.25, -0.2) is 8.78 Å². The van der Waals surface area contributed by atoms with Crippen molar-refractivity contribution in [1.82, 2.24) is 5.32 Å². The number of para-hydroxylation sites is 1. The molecule has 26 heavy (non-hydrogen) atoms. The smallest absolute Gasteiger partial charge is 0.240 e. The van der Waals surface area contributed by atoms with Gasteiger partial charge in [0.25, 0.3) is 0 Å². The lowest BCUT2D eigenvalue weighted by Gasteiger charge is -2.08. The maximum absolute atomic E-state index is 13.5. The lowest BCUT2D eigenvalue weighted by Crippen LogP contribution is -2.28. The Morgan fingerprint density at radius 3 is 2.62 bits per heavy atom. The highest BCUT2D eigenvalue weighted by Gasteiger charge is 2.32. The molecule has 2 aromatic rings. The third-order valence-electron chi connectivity index (χ3n) is 3.61. The van der Waals surface area contributed by atoms with Crippen molar-refractivity contribution in [3.8, 4) is 0 Å². The van der Waals surface area contributed by atoms with Gasteiger partial charge in [-0.2, -0.15) is 0 Å². The fraction of sp³-hybridized carbons (Fsp3) is 0.167. The van der Waals surface area contributed by atoms with Crippen LogP contribution in [0, 0.1) is 11.6 Å². The van der Waals surface area contributed by atoms with Gasteiger partial charge in [-0.05, 0) is 29.8 Å². The van der Waals surface area contributed by atoms with Crippen molar-refractivity contribution in [3.63, 3.8) is 0 Å². The zero-order valence-electron chi connectivity index (χ0n) is 13.5. The molecule has 1 atom stereocenters. The first-order valence-corrected chi connectivity index (χ1v) is 8.70. The largest absolute Gasteiger partial charge is 0.324 e. The van der Waals surface area contributed by atoms with E-state index in [1.54, 1.807) is 18.2 Å². The van der Waals surface area contributed by atoms with E-state index in [1.165, 1.54) is 30.3 Å². The maximum Gasteiger partial charge on any atom is 0.240 e. The molecule has 0 aliphatic carbocycles. The van der Waals surface area contributed by atoms with Crippen LogP contribution in [0.15, 0.2) is 53.5 Å². The van der Waals surface area contributed by atoms with Crippen molar-refractivity contribution >= 4 is 34.4 Å². The first kappa shape index (κ1) is 18.1. The van der Waals surface area contributed by atoms with Crippen LogP contribution >= 0.6 is 11.8 Å². The molecule has 1 aliphatic rings. The highest BCUT2D eigenvalue weighted by Crippen LogP contribution is 2.24. The Bertz CT molecular complexity index is 856. The summed E-state index contributed by atoms with van der Waals surface area (Å²) >= 11 is 1.14. The Kier molecular flexibility index (Phi) is 5.62. The summed E-state index contributed by atoms with van der Waals surface area (Å²) in [6, 6.07) is 11.7. The molecule has 1 saturated heterocycles. The SMILES string of the molecule is O=C(C[C@H]1SC(=NCc2ccc(F)cc2)NC1=O)Nc1ccccc1F. The van der Waals surface area contributed by atoms with Crippen molar-refractivity contribution in [2.45, 2.75) is 18.2 Å². The van der Waals surface area contributed by atoms with Crippen molar-refractivity contribution in [1.29, 1.82) is 0 Å². The van der Waals surface area contributed by atoms with Crippen LogP contribution in [-0.4, -0.2) is 22.2 Å². The fourth-order valence-electron chi connectivity index (χ4n) is 2.30. The molecule has 5 nitrogen and oxygen atoms in total. The van der Waals surface area contributed by atoms with E-state index in [0.29, 0.717) is 5.17 Å². The van der Waals surface area contributed by atoms with Crippen LogP contribution in [-0.2, 0) is 16.1 Å². The van der Waals surface area contributed by atoms with E-state index in [9.17, 15) is 18.4 Å². The van der Waals surface area contributed by atoms with E-state index in [4.69, 9.17) is 0 Å². The number of nitrogens with zero attached hydrogens (tertiary/aromatic N) is 1. The zero-order valence-corrected chi connectivity index (χ0v) is 14.4. The molecule has 0 spiro atoms. The summed E-state index contributed by atoms with van der Waals surface area (Å²) in [5.74, 6) is -1.64. The number of thioether (sulfide) groups is 1. The first-order chi connectivity index (χ1) is 12.5. The van der Waals surface area contributed by atoms with Crippen molar-refractivity contribution < 1.29 is 18.4 Å². The quantitative estimate of drug-likeness (QED) is 0.844. The number of amidine groups is 1. The molecule has 2 aromatic carbocycles. The van der Waals surface area contributed by atoms with Gasteiger partial charge in [0.2, 0.25) is 11.8 Å². The van der Waals surface area contributed by atoms with Crippen LogP contribution in [0.3, 0.4) is 0 Å². The van der Waals surface area contributed by atoms with Gasteiger partial charge in [0.15, 0.2) is 5.17 Å². The van der Waals surface area contributed by atoms with E-state index in [1.807, 2.05) is 0 Å². The Hall–Kier alpha value is -2.74. The molecule has 0 radical (unpaired) electrons. The third-order valence-corrected chi connectivity index (χ3v) is 4.73. The number of carbonyl (C=O) groups is 2. The van der Waals surface area contributed by atoms with Crippen LogP contribution in [0.5, 0.6) is 0 Å². The number of aliphatic imine (C=N–C) groups is 1. The molecule has 0 unspecified atom stereocenters. The molecule has 2 N–H and O–H groups in total. The minimum absolute atomic E-state index is 0.0751. The van der Waals surface area contributed by atoms with Gasteiger partial charge in [-0.15, -0.1) is 0 Å². The molecule has 0 saturated carbocycles. The minimum Gasteiger partial charge on any atom is -0.324 e. The van der Waals surface area contributed by atoms with Crippen molar-refractivity contribution in [2.24, 2.45) is 4.99 Å². The van der Waals surface area contributed by atoms with Crippen LogP contribution in [0.25, 0.3) is 0 Å². The monoisotopic (exact) mass is 375 g/mol. The second kappa shape index (κ2) is 8.09. The second-order valence-electron chi connectivity index (χ2n) is 5.58. The molecule has 0 bridgehead atoms. The number of anilines is 1. The fourth-order valence-corrected chi connectivity index (χ4v) is 3.27. The van der Waals surface area contributed by atoms with Crippen molar-refractivity contribution in [3.05, 3.63) is 65.7 Å². The minimum atomic E-state index is -0.631. The molecule has 0 aromatic heterocycles. The van der Waals surface area contributed by atoms with Crippen LogP contribution < -0.4 is 10.6 Å². The molecule has 1 aliphatic heterocycles. The number of nitrogens with one attached hydrogen (secondary N) is 2. The van der Waals surface area contributed by atoms with Gasteiger partial charge >= 0.3 is 0 Å². The normalized spacial score (nSPS) is 18.0. The molecular formula is C18H15F2N3O2S. The number of benzene rings is 2. The summed E-state index contributed by atoms with van der Waals surface area (Å²) in [6.07, 6.45) is -0.0968. The topological polar surface area (TPSA) is 70.6 Å². The predicted octanol–water partition coefficient (Wildman–Crippen LogP) is 3.08. The first-order valence-electron chi connectivity index (χ1n) is 7.82. The highest BCUT2D eigenvalue weighted by atomic mass is 32.2. The van der Waals surface area contributed by atoms with Gasteiger partial charge < -0.3 is 10.6 Å². The standard InChI is InChI=1S/C18H15F2N3O2S/c19-12-7-5-11(6-8-12)10-21-18-23-17(25)15(26-18)9-16(24)22-14-4-2-1-3-13(14)20/h1-8,15H,9-10H2,(H,22,24)(H,21,23,25)/t15-/m1/s1. The van der Waals surface area contributed by atoms with E-state index in [2.05, 4.69) is 15.6 Å². The van der Waals surface area contributed by atoms with Gasteiger partial charge in [0, 0.05) is 6.42 Å². The van der Waals surface area contributed by atoms with Gasteiger partial charge in [0.1, 0.15) is 16.9 Å². The van der Waals surface area contributed by atoms with Gasteiger partial charge in [-0.3, -0.25) is 14.6 Å². The summed E-state index contributed by atoms with van der Waals surface area (Å²) in [7, 11) is 0. The summed E-state index contributed by atoms with van der Waals surface area (Å²) < 4.78 is 26.4. The average Bonchev–Trinajstić information content (AvgIpc) is 2.96. The van der Waals surface area contributed by atoms with Crippen LogP contribution in [0.1, 0.15) is 12.0 Å². The lowest BCUT2D eigenvalue weighted by atomic mass is 10.2. The van der Waals surface area contributed by atoms with E-state index < -0.39 is 17.0 Å². The van der Waals surface area contributed by atoms with E-state index in [-0.39, 0.29) is 30.4 Å². The predicted molar refractivity (Wildman–Crippen MR) is 96.7 cm³/mol. The Labute approximate surface area is 152 Å². The number of hydrogen-bond acceptors (Lipinski definition) is 4. The van der Waals surface area contributed by atoms with Crippen LogP contribution in [0.2, 0.25) is 0 Å². The van der Waals surface area contributed by atoms with E-state index in [0.717, 1.165) is 17.3 Å². The van der Waals surface area contributed by atoms with Crippen molar-refractivity contribution in [2.75, 3.05) is 5.32 Å². The molecule has 1 fully saturated rings. The summed E-state index contributed by atoms with van der Waals surface area (Å²) in [4.78, 5) is 28.3. The molecular weight excluding hydrogens is 360 g/mol. The Balaban J connectivity index is 1.55. The van der Waals surface area contributed by atoms with E-state index >= 15 is 0 Å². The highest BCUT2D eigenvalue weighted by molar-refractivity contribution is 8.15. The molecule has 3 rings (SSSR count). The summed E-state index contributed by atoms with van der Waals surface area (Å²) in [5.41, 5.74) is 0.876. The molecule has 2 amide bonds. The van der Waals surface area contributed by atoms with Gasteiger partial charge in [-0.1, -0.05) is 36.0 Å².